The van der Waals surface area contributed by atoms with Crippen LogP contribution in [0.2, 0.25) is 0 Å². The molecule has 2 atom stereocenters. The quantitative estimate of drug-likeness (QED) is 0.805. The van der Waals surface area contributed by atoms with Gasteiger partial charge in [-0.15, -0.1) is 0 Å². The number of nitrogens with zero attached hydrogens (tertiary/aromatic N) is 2. The molecule has 2 aromatic rings. The molecule has 0 bridgehead atoms. The normalized spacial score (nSPS) is 23.0. The zero-order chi connectivity index (χ0) is 18.6. The summed E-state index contributed by atoms with van der Waals surface area (Å²) in [5.41, 5.74) is 2.72. The summed E-state index contributed by atoms with van der Waals surface area (Å²) in [6.45, 7) is 3.54. The van der Waals surface area contributed by atoms with Gasteiger partial charge in [-0.25, -0.2) is 17.2 Å². The average Bonchev–Trinajstić information content (AvgIpc) is 2.91. The number of hydrogen-bond donors (Lipinski definition) is 0. The maximum atomic E-state index is 13.7. The lowest BCUT2D eigenvalue weighted by molar-refractivity contribution is 0.237. The number of hydrogen-bond acceptors (Lipinski definition) is 3. The van der Waals surface area contributed by atoms with Crippen LogP contribution in [0, 0.1) is 18.6 Å². The zero-order valence-corrected chi connectivity index (χ0v) is 15.4. The third-order valence-electron chi connectivity index (χ3n) is 5.35. The van der Waals surface area contributed by atoms with Crippen molar-refractivity contribution in [2.24, 2.45) is 0 Å². The van der Waals surface area contributed by atoms with E-state index in [1.807, 2.05) is 32.2 Å². The summed E-state index contributed by atoms with van der Waals surface area (Å²) < 4.78 is 55.0. The molecule has 26 heavy (non-hydrogen) atoms. The molecule has 4 nitrogen and oxygen atoms in total. The smallest absolute Gasteiger partial charge is 0.264 e. The molecule has 0 saturated carbocycles. The van der Waals surface area contributed by atoms with E-state index in [2.05, 4.69) is 4.90 Å². The monoisotopic (exact) mass is 378 g/mol. The Balaban J connectivity index is 1.86. The van der Waals surface area contributed by atoms with Crippen molar-refractivity contribution in [1.82, 2.24) is 4.90 Å². The lowest BCUT2D eigenvalue weighted by Crippen LogP contribution is -2.47. The Labute approximate surface area is 152 Å². The minimum Gasteiger partial charge on any atom is -0.306 e. The highest BCUT2D eigenvalue weighted by molar-refractivity contribution is 7.92. The van der Waals surface area contributed by atoms with Crippen molar-refractivity contribution < 1.29 is 17.2 Å². The van der Waals surface area contributed by atoms with Gasteiger partial charge in [0, 0.05) is 12.5 Å². The molecule has 0 radical (unpaired) electrons. The SMILES string of the molecule is Cc1ccc2c(c1)[C@H]1CN(C)CC[C@H]1N2S(=O)(=O)c1ccc(F)c(F)c1. The molecule has 1 saturated heterocycles. The van der Waals surface area contributed by atoms with Crippen molar-refractivity contribution >= 4 is 15.7 Å². The number of aryl methyl sites for hydroxylation is 1. The van der Waals surface area contributed by atoms with Crippen molar-refractivity contribution in [3.8, 4) is 0 Å². The molecular weight excluding hydrogens is 358 g/mol. The van der Waals surface area contributed by atoms with Crippen molar-refractivity contribution in [1.29, 1.82) is 0 Å². The fourth-order valence-electron chi connectivity index (χ4n) is 4.10. The summed E-state index contributed by atoms with van der Waals surface area (Å²) in [7, 11) is -1.96. The Morgan fingerprint density at radius 1 is 1.08 bits per heavy atom. The number of fused-ring (bicyclic) bond motifs is 3. The molecule has 0 spiro atoms. The minimum absolute atomic E-state index is 0.0729. The first-order valence-corrected chi connectivity index (χ1v) is 10.0. The Bertz CT molecular complexity index is 977. The lowest BCUT2D eigenvalue weighted by Gasteiger charge is -2.36. The van der Waals surface area contributed by atoms with Gasteiger partial charge in [0.05, 0.1) is 16.6 Å². The van der Waals surface area contributed by atoms with Crippen molar-refractivity contribution in [3.63, 3.8) is 0 Å². The van der Waals surface area contributed by atoms with Gasteiger partial charge < -0.3 is 4.90 Å². The number of halogens is 2. The third kappa shape index (κ3) is 2.61. The molecule has 0 amide bonds. The summed E-state index contributed by atoms with van der Waals surface area (Å²) in [5.74, 6) is -2.14. The minimum atomic E-state index is -3.98. The van der Waals surface area contributed by atoms with Crippen LogP contribution in [0.3, 0.4) is 0 Å². The fourth-order valence-corrected chi connectivity index (χ4v) is 5.85. The summed E-state index contributed by atoms with van der Waals surface area (Å²) in [6.07, 6.45) is 0.692. The van der Waals surface area contributed by atoms with Crippen LogP contribution in [-0.4, -0.2) is 39.5 Å². The summed E-state index contributed by atoms with van der Waals surface area (Å²) >= 11 is 0. The third-order valence-corrected chi connectivity index (χ3v) is 7.18. The van der Waals surface area contributed by atoms with Crippen LogP contribution in [-0.2, 0) is 10.0 Å². The highest BCUT2D eigenvalue weighted by atomic mass is 32.2. The fraction of sp³-hybridized carbons (Fsp3) is 0.368. The van der Waals surface area contributed by atoms with E-state index in [0.717, 1.165) is 42.4 Å². The predicted octanol–water partition coefficient (Wildman–Crippen LogP) is 3.27. The lowest BCUT2D eigenvalue weighted by atomic mass is 9.89. The highest BCUT2D eigenvalue weighted by Gasteiger charge is 2.46. The first-order valence-electron chi connectivity index (χ1n) is 8.57. The molecule has 2 aliphatic rings. The van der Waals surface area contributed by atoms with E-state index in [0.29, 0.717) is 12.1 Å². The molecule has 2 aliphatic heterocycles. The summed E-state index contributed by atoms with van der Waals surface area (Å²) in [5, 5.41) is 0. The maximum absolute atomic E-state index is 13.7. The van der Waals surface area contributed by atoms with Gasteiger partial charge in [-0.05, 0) is 56.8 Å². The number of rotatable bonds is 2. The van der Waals surface area contributed by atoms with Gasteiger partial charge in [0.2, 0.25) is 0 Å². The summed E-state index contributed by atoms with van der Waals surface area (Å²) in [4.78, 5) is 1.98. The van der Waals surface area contributed by atoms with E-state index < -0.39 is 21.7 Å². The number of benzene rings is 2. The van der Waals surface area contributed by atoms with Crippen LogP contribution in [0.4, 0.5) is 14.5 Å². The highest BCUT2D eigenvalue weighted by Crippen LogP contribution is 2.47. The molecule has 2 aromatic carbocycles. The molecule has 0 aliphatic carbocycles. The largest absolute Gasteiger partial charge is 0.306 e. The number of sulfonamides is 1. The Hall–Kier alpha value is -1.99. The van der Waals surface area contributed by atoms with Gasteiger partial charge in [0.1, 0.15) is 0 Å². The Morgan fingerprint density at radius 3 is 2.58 bits per heavy atom. The topological polar surface area (TPSA) is 40.6 Å². The van der Waals surface area contributed by atoms with Crippen LogP contribution in [0.5, 0.6) is 0 Å². The predicted molar refractivity (Wildman–Crippen MR) is 95.8 cm³/mol. The molecule has 0 unspecified atom stereocenters. The van der Waals surface area contributed by atoms with Gasteiger partial charge in [0.15, 0.2) is 11.6 Å². The molecule has 1 fully saturated rings. The standard InChI is InChI=1S/C19H20F2N2O2S/c1-12-3-6-18-14(9-12)15-11-22(2)8-7-19(15)23(18)26(24,25)13-4-5-16(20)17(21)10-13/h3-6,9-10,15,19H,7-8,11H2,1-2H3/t15-,19-/m1/s1. The average molecular weight is 378 g/mol. The van der Waals surface area contributed by atoms with Gasteiger partial charge >= 0.3 is 0 Å². The van der Waals surface area contributed by atoms with E-state index in [1.54, 1.807) is 0 Å². The molecule has 138 valence electrons. The maximum Gasteiger partial charge on any atom is 0.264 e. The first kappa shape index (κ1) is 17.4. The van der Waals surface area contributed by atoms with E-state index in [-0.39, 0.29) is 16.9 Å². The van der Waals surface area contributed by atoms with Crippen LogP contribution in [0.25, 0.3) is 0 Å². The van der Waals surface area contributed by atoms with Gasteiger partial charge in [-0.2, -0.15) is 0 Å². The second kappa shape index (κ2) is 6.03. The van der Waals surface area contributed by atoms with E-state index in [4.69, 9.17) is 0 Å². The first-order chi connectivity index (χ1) is 12.3. The van der Waals surface area contributed by atoms with Crippen LogP contribution >= 0.6 is 0 Å². The number of likely N-dealkylation sites (tertiary alicyclic amines) is 1. The Morgan fingerprint density at radius 2 is 1.85 bits per heavy atom. The summed E-state index contributed by atoms with van der Waals surface area (Å²) in [6, 6.07) is 8.28. The van der Waals surface area contributed by atoms with Crippen molar-refractivity contribution in [2.75, 3.05) is 24.4 Å². The molecule has 2 heterocycles. The molecule has 4 rings (SSSR count). The van der Waals surface area contributed by atoms with Crippen molar-refractivity contribution in [2.45, 2.75) is 30.2 Å². The molecule has 0 N–H and O–H groups in total. The van der Waals surface area contributed by atoms with E-state index in [1.165, 1.54) is 4.31 Å². The molecule has 7 heteroatoms. The van der Waals surface area contributed by atoms with Crippen LogP contribution in [0.1, 0.15) is 23.5 Å². The van der Waals surface area contributed by atoms with Crippen LogP contribution in [0.15, 0.2) is 41.3 Å². The zero-order valence-electron chi connectivity index (χ0n) is 14.6. The van der Waals surface area contributed by atoms with Gasteiger partial charge in [-0.1, -0.05) is 17.7 Å². The second-order valence-electron chi connectivity index (χ2n) is 7.16. The number of likely N-dealkylation sites (N-methyl/N-ethyl adjacent to an activating group) is 1. The molecule has 0 aromatic heterocycles. The number of piperidine rings is 1. The van der Waals surface area contributed by atoms with Crippen molar-refractivity contribution in [3.05, 3.63) is 59.2 Å². The van der Waals surface area contributed by atoms with Gasteiger partial charge in [0.25, 0.3) is 10.0 Å². The Kier molecular flexibility index (Phi) is 4.04. The van der Waals surface area contributed by atoms with Gasteiger partial charge in [-0.3, -0.25) is 4.31 Å². The van der Waals surface area contributed by atoms with E-state index in [9.17, 15) is 17.2 Å². The second-order valence-corrected chi connectivity index (χ2v) is 8.98. The van der Waals surface area contributed by atoms with E-state index >= 15 is 0 Å². The van der Waals surface area contributed by atoms with Crippen LogP contribution < -0.4 is 4.31 Å². The molecular formula is C19H20F2N2O2S. The number of anilines is 1.